The Morgan fingerprint density at radius 1 is 1.55 bits per heavy atom. The standard InChI is InChI=1S/C8H8BrNS/c1-10-8-3-2-7(9)4-6(8)5-11-10/h2-4H,5H2,1H3. The third-order valence-electron chi connectivity index (χ3n) is 1.79. The van der Waals surface area contributed by atoms with Crippen molar-refractivity contribution < 1.29 is 0 Å². The Morgan fingerprint density at radius 3 is 3.18 bits per heavy atom. The van der Waals surface area contributed by atoms with Gasteiger partial charge in [0, 0.05) is 17.3 Å². The van der Waals surface area contributed by atoms with E-state index in [0.29, 0.717) is 0 Å². The first kappa shape index (κ1) is 7.50. The summed E-state index contributed by atoms with van der Waals surface area (Å²) in [4.78, 5) is 0. The van der Waals surface area contributed by atoms with Crippen molar-refractivity contribution in [1.29, 1.82) is 0 Å². The van der Waals surface area contributed by atoms with Crippen LogP contribution in [-0.2, 0) is 5.75 Å². The van der Waals surface area contributed by atoms with Crippen LogP contribution in [0.25, 0.3) is 0 Å². The van der Waals surface area contributed by atoms with Gasteiger partial charge < -0.3 is 4.31 Å². The molecule has 0 atom stereocenters. The summed E-state index contributed by atoms with van der Waals surface area (Å²) in [5.74, 6) is 1.10. The lowest BCUT2D eigenvalue weighted by Gasteiger charge is -2.08. The van der Waals surface area contributed by atoms with E-state index in [4.69, 9.17) is 0 Å². The topological polar surface area (TPSA) is 3.24 Å². The second kappa shape index (κ2) is 2.72. The van der Waals surface area contributed by atoms with E-state index in [1.807, 2.05) is 11.9 Å². The highest BCUT2D eigenvalue weighted by molar-refractivity contribution is 9.10. The van der Waals surface area contributed by atoms with E-state index in [0.717, 1.165) is 5.75 Å². The second-order valence-corrected chi connectivity index (χ2v) is 4.55. The number of nitrogens with zero attached hydrogens (tertiary/aromatic N) is 1. The van der Waals surface area contributed by atoms with E-state index in [2.05, 4.69) is 45.5 Å². The van der Waals surface area contributed by atoms with Gasteiger partial charge in [0.25, 0.3) is 0 Å². The Labute approximate surface area is 79.0 Å². The molecule has 0 radical (unpaired) electrons. The average molecular weight is 230 g/mol. The number of fused-ring (bicyclic) bond motifs is 1. The minimum Gasteiger partial charge on any atom is -0.319 e. The van der Waals surface area contributed by atoms with E-state index < -0.39 is 0 Å². The lowest BCUT2D eigenvalue weighted by molar-refractivity contribution is 1.35. The molecule has 1 nitrogen and oxygen atoms in total. The molecule has 0 unspecified atom stereocenters. The van der Waals surface area contributed by atoms with Crippen LogP contribution in [-0.4, -0.2) is 7.05 Å². The fourth-order valence-electron chi connectivity index (χ4n) is 1.21. The first-order chi connectivity index (χ1) is 5.27. The maximum atomic E-state index is 3.46. The van der Waals surface area contributed by atoms with Crippen LogP contribution in [0, 0.1) is 0 Å². The van der Waals surface area contributed by atoms with Gasteiger partial charge in [0.1, 0.15) is 0 Å². The van der Waals surface area contributed by atoms with Gasteiger partial charge in [0.15, 0.2) is 0 Å². The van der Waals surface area contributed by atoms with Crippen LogP contribution in [0.4, 0.5) is 5.69 Å². The molecular weight excluding hydrogens is 222 g/mol. The number of hydrogen-bond acceptors (Lipinski definition) is 2. The summed E-state index contributed by atoms with van der Waals surface area (Å²) in [6, 6.07) is 6.42. The first-order valence-electron chi connectivity index (χ1n) is 3.42. The number of anilines is 1. The van der Waals surface area contributed by atoms with Gasteiger partial charge in [-0.15, -0.1) is 0 Å². The van der Waals surface area contributed by atoms with Gasteiger partial charge in [-0.1, -0.05) is 15.9 Å². The fraction of sp³-hybridized carbons (Fsp3) is 0.250. The lowest BCUT2D eigenvalue weighted by Crippen LogP contribution is -1.99. The van der Waals surface area contributed by atoms with Crippen molar-refractivity contribution in [1.82, 2.24) is 0 Å². The van der Waals surface area contributed by atoms with E-state index >= 15 is 0 Å². The third-order valence-corrected chi connectivity index (χ3v) is 3.31. The largest absolute Gasteiger partial charge is 0.319 e. The SMILES string of the molecule is CN1SCc2cc(Br)ccc21. The summed E-state index contributed by atoms with van der Waals surface area (Å²) >= 11 is 5.30. The molecule has 0 aliphatic carbocycles. The van der Waals surface area contributed by atoms with Crippen LogP contribution in [0.15, 0.2) is 22.7 Å². The quantitative estimate of drug-likeness (QED) is 0.630. The van der Waals surface area contributed by atoms with Gasteiger partial charge in [-0.3, -0.25) is 0 Å². The Hall–Kier alpha value is -0.150. The zero-order valence-corrected chi connectivity index (χ0v) is 8.58. The van der Waals surface area contributed by atoms with Crippen molar-refractivity contribution in [3.8, 4) is 0 Å². The highest BCUT2D eigenvalue weighted by Gasteiger charge is 2.15. The second-order valence-electron chi connectivity index (χ2n) is 2.54. The van der Waals surface area contributed by atoms with Gasteiger partial charge in [-0.25, -0.2) is 0 Å². The summed E-state index contributed by atoms with van der Waals surface area (Å²) in [7, 11) is 2.10. The zero-order chi connectivity index (χ0) is 7.84. The molecule has 1 aromatic carbocycles. The van der Waals surface area contributed by atoms with Crippen LogP contribution >= 0.6 is 27.9 Å². The highest BCUT2D eigenvalue weighted by atomic mass is 79.9. The summed E-state index contributed by atoms with van der Waals surface area (Å²) in [5.41, 5.74) is 2.77. The molecule has 0 amide bonds. The van der Waals surface area contributed by atoms with Crippen molar-refractivity contribution in [3.63, 3.8) is 0 Å². The minimum absolute atomic E-state index is 1.10. The molecule has 0 bridgehead atoms. The van der Waals surface area contributed by atoms with E-state index in [-0.39, 0.29) is 0 Å². The van der Waals surface area contributed by atoms with Gasteiger partial charge in [0.2, 0.25) is 0 Å². The summed E-state index contributed by atoms with van der Waals surface area (Å²) in [5, 5.41) is 0. The van der Waals surface area contributed by atoms with Gasteiger partial charge in [-0.2, -0.15) is 0 Å². The maximum absolute atomic E-state index is 3.46. The Kier molecular flexibility index (Phi) is 1.85. The summed E-state index contributed by atoms with van der Waals surface area (Å²) in [6.07, 6.45) is 0. The molecule has 11 heavy (non-hydrogen) atoms. The smallest absolute Gasteiger partial charge is 0.0508 e. The van der Waals surface area contributed by atoms with Gasteiger partial charge in [0.05, 0.1) is 5.69 Å². The predicted molar refractivity (Wildman–Crippen MR) is 53.8 cm³/mol. The Balaban J connectivity index is 2.50. The van der Waals surface area contributed by atoms with Crippen LogP contribution < -0.4 is 4.31 Å². The molecule has 1 aromatic rings. The molecule has 1 aliphatic rings. The molecular formula is C8H8BrNS. The van der Waals surface area contributed by atoms with Crippen LogP contribution in [0.3, 0.4) is 0 Å². The first-order valence-corrected chi connectivity index (χ1v) is 5.16. The monoisotopic (exact) mass is 229 g/mol. The molecule has 2 rings (SSSR count). The highest BCUT2D eigenvalue weighted by Crippen LogP contribution is 2.37. The van der Waals surface area contributed by atoms with Crippen molar-refractivity contribution in [3.05, 3.63) is 28.2 Å². The van der Waals surface area contributed by atoms with Crippen LogP contribution in [0.5, 0.6) is 0 Å². The maximum Gasteiger partial charge on any atom is 0.0508 e. The molecule has 0 N–H and O–H groups in total. The number of benzene rings is 1. The molecule has 58 valence electrons. The Morgan fingerprint density at radius 2 is 2.36 bits per heavy atom. The molecule has 1 heterocycles. The third kappa shape index (κ3) is 1.27. The molecule has 0 aromatic heterocycles. The van der Waals surface area contributed by atoms with Crippen molar-refractivity contribution >= 4 is 33.6 Å². The zero-order valence-electron chi connectivity index (χ0n) is 6.17. The number of halogens is 1. The molecule has 0 saturated carbocycles. The van der Waals surface area contributed by atoms with Crippen LogP contribution in [0.1, 0.15) is 5.56 Å². The predicted octanol–water partition coefficient (Wildman–Crippen LogP) is 3.05. The molecule has 0 spiro atoms. The lowest BCUT2D eigenvalue weighted by atomic mass is 10.2. The van der Waals surface area contributed by atoms with E-state index in [1.165, 1.54) is 15.7 Å². The molecule has 1 aliphatic heterocycles. The van der Waals surface area contributed by atoms with E-state index in [1.54, 1.807) is 0 Å². The van der Waals surface area contributed by atoms with Gasteiger partial charge in [-0.05, 0) is 35.7 Å². The average Bonchev–Trinajstić information content (AvgIpc) is 2.32. The van der Waals surface area contributed by atoms with Gasteiger partial charge >= 0.3 is 0 Å². The Bertz CT molecular complexity index is 287. The fourth-order valence-corrected chi connectivity index (χ4v) is 2.50. The van der Waals surface area contributed by atoms with Crippen LogP contribution in [0.2, 0.25) is 0 Å². The van der Waals surface area contributed by atoms with E-state index in [9.17, 15) is 0 Å². The minimum atomic E-state index is 1.10. The number of hydrogen-bond donors (Lipinski definition) is 0. The summed E-state index contributed by atoms with van der Waals surface area (Å²) in [6.45, 7) is 0. The van der Waals surface area contributed by atoms with Crippen molar-refractivity contribution in [2.24, 2.45) is 0 Å². The normalized spacial score (nSPS) is 15.3. The molecule has 0 fully saturated rings. The number of rotatable bonds is 0. The molecule has 0 saturated heterocycles. The van der Waals surface area contributed by atoms with Crippen molar-refractivity contribution in [2.75, 3.05) is 11.4 Å². The van der Waals surface area contributed by atoms with Crippen molar-refractivity contribution in [2.45, 2.75) is 5.75 Å². The molecule has 3 heteroatoms. The summed E-state index contributed by atoms with van der Waals surface area (Å²) < 4.78 is 3.38.